The molecule has 1 heterocycles. The molecule has 0 aliphatic carbocycles. The minimum atomic E-state index is -0.762. The first-order valence-electron chi connectivity index (χ1n) is 15.2. The number of rotatable bonds is 21. The Kier molecular flexibility index (Phi) is 18.7. The van der Waals surface area contributed by atoms with Crippen LogP contribution >= 0.6 is 0 Å². The SMILES string of the molecule is C#CCOCCOCCOCCOCCC(=O)N[C@H]([C@H]1[C@H](/C=C\C)CC(OC)N1C(=O)OC(C)(C)C)[C@](C)(CCC)OC. The fourth-order valence-electron chi connectivity index (χ4n) is 5.18. The highest BCUT2D eigenvalue weighted by Gasteiger charge is 2.53. The summed E-state index contributed by atoms with van der Waals surface area (Å²) in [6.45, 7) is 14.5. The second kappa shape index (κ2) is 20.7. The molecule has 43 heavy (non-hydrogen) atoms. The quantitative estimate of drug-likeness (QED) is 0.117. The van der Waals surface area contributed by atoms with E-state index in [2.05, 4.69) is 24.2 Å². The molecule has 0 spiro atoms. The number of methoxy groups -OCH3 is 2. The highest BCUT2D eigenvalue weighted by molar-refractivity contribution is 5.77. The summed E-state index contributed by atoms with van der Waals surface area (Å²) in [4.78, 5) is 28.5. The molecule has 0 bridgehead atoms. The van der Waals surface area contributed by atoms with Crippen molar-refractivity contribution >= 4 is 12.0 Å². The number of amides is 2. The predicted molar refractivity (Wildman–Crippen MR) is 165 cm³/mol. The Balaban J connectivity index is 2.86. The lowest BCUT2D eigenvalue weighted by Crippen LogP contribution is -2.64. The lowest BCUT2D eigenvalue weighted by Gasteiger charge is -2.45. The van der Waals surface area contributed by atoms with Crippen LogP contribution in [0.2, 0.25) is 0 Å². The highest BCUT2D eigenvalue weighted by Crippen LogP contribution is 2.39. The van der Waals surface area contributed by atoms with Gasteiger partial charge in [-0.3, -0.25) is 9.69 Å². The molecule has 1 unspecified atom stereocenters. The van der Waals surface area contributed by atoms with Crippen molar-refractivity contribution < 1.29 is 42.7 Å². The molecule has 0 aromatic heterocycles. The van der Waals surface area contributed by atoms with Gasteiger partial charge in [0.15, 0.2) is 0 Å². The molecular weight excluding hydrogens is 556 g/mol. The van der Waals surface area contributed by atoms with E-state index in [0.717, 1.165) is 6.42 Å². The lowest BCUT2D eigenvalue weighted by molar-refractivity contribution is -0.129. The number of hydrogen-bond acceptors (Lipinski definition) is 9. The summed E-state index contributed by atoms with van der Waals surface area (Å²) in [5.41, 5.74) is -1.46. The minimum absolute atomic E-state index is 0.0908. The Morgan fingerprint density at radius 1 is 1.00 bits per heavy atom. The molecular formula is C32H56N2O9. The molecule has 0 aromatic carbocycles. The van der Waals surface area contributed by atoms with Crippen LogP contribution in [0, 0.1) is 18.3 Å². The van der Waals surface area contributed by atoms with Crippen LogP contribution in [0.25, 0.3) is 0 Å². The van der Waals surface area contributed by atoms with Crippen molar-refractivity contribution in [3.63, 3.8) is 0 Å². The molecule has 1 rings (SSSR count). The van der Waals surface area contributed by atoms with Gasteiger partial charge in [0.2, 0.25) is 5.91 Å². The predicted octanol–water partition coefficient (Wildman–Crippen LogP) is 3.94. The molecule has 11 nitrogen and oxygen atoms in total. The Morgan fingerprint density at radius 3 is 2.07 bits per heavy atom. The number of allylic oxidation sites excluding steroid dienone is 1. The topological polar surface area (TPSA) is 114 Å². The van der Waals surface area contributed by atoms with E-state index in [4.69, 9.17) is 39.6 Å². The fourth-order valence-corrected chi connectivity index (χ4v) is 5.18. The zero-order valence-electron chi connectivity index (χ0n) is 27.6. The van der Waals surface area contributed by atoms with Gasteiger partial charge in [0, 0.05) is 33.0 Å². The zero-order valence-corrected chi connectivity index (χ0v) is 27.6. The maximum atomic E-state index is 13.6. The van der Waals surface area contributed by atoms with Crippen LogP contribution in [-0.4, -0.2) is 113 Å². The van der Waals surface area contributed by atoms with Crippen LogP contribution < -0.4 is 5.32 Å². The highest BCUT2D eigenvalue weighted by atomic mass is 16.6. The van der Waals surface area contributed by atoms with E-state index in [1.54, 1.807) is 19.1 Å². The molecule has 1 N–H and O–H groups in total. The van der Waals surface area contributed by atoms with Crippen molar-refractivity contribution in [1.29, 1.82) is 0 Å². The van der Waals surface area contributed by atoms with E-state index >= 15 is 0 Å². The van der Waals surface area contributed by atoms with Gasteiger partial charge in [0.25, 0.3) is 0 Å². The molecule has 1 fully saturated rings. The number of nitrogens with zero attached hydrogens (tertiary/aromatic N) is 1. The molecule has 0 radical (unpaired) electrons. The lowest BCUT2D eigenvalue weighted by atomic mass is 9.80. The maximum Gasteiger partial charge on any atom is 0.412 e. The van der Waals surface area contributed by atoms with Gasteiger partial charge in [-0.1, -0.05) is 31.4 Å². The van der Waals surface area contributed by atoms with Crippen molar-refractivity contribution in [3.8, 4) is 12.3 Å². The molecule has 0 aromatic rings. The second-order valence-electron chi connectivity index (χ2n) is 11.6. The van der Waals surface area contributed by atoms with E-state index in [-0.39, 0.29) is 31.5 Å². The maximum absolute atomic E-state index is 13.6. The van der Waals surface area contributed by atoms with Gasteiger partial charge < -0.3 is 38.5 Å². The third-order valence-corrected chi connectivity index (χ3v) is 7.16. The van der Waals surface area contributed by atoms with Gasteiger partial charge in [0.1, 0.15) is 18.4 Å². The Hall–Kier alpha value is -2.20. The van der Waals surface area contributed by atoms with E-state index in [0.29, 0.717) is 52.5 Å². The van der Waals surface area contributed by atoms with Crippen molar-refractivity contribution in [2.45, 2.75) is 96.7 Å². The molecule has 248 valence electrons. The van der Waals surface area contributed by atoms with Crippen LogP contribution in [0.5, 0.6) is 0 Å². The first kappa shape index (κ1) is 38.8. The molecule has 1 aliphatic heterocycles. The number of ether oxygens (including phenoxy) is 7. The molecule has 2 amide bonds. The number of carbonyl (C=O) groups excluding carboxylic acids is 2. The summed E-state index contributed by atoms with van der Waals surface area (Å²) < 4.78 is 39.3. The Bertz CT molecular complexity index is 870. The molecule has 1 saturated heterocycles. The molecule has 1 aliphatic rings. The largest absolute Gasteiger partial charge is 0.444 e. The number of likely N-dealkylation sites (tertiary alicyclic amines) is 1. The molecule has 5 atom stereocenters. The van der Waals surface area contributed by atoms with Gasteiger partial charge in [-0.2, -0.15) is 0 Å². The fraction of sp³-hybridized carbons (Fsp3) is 0.812. The van der Waals surface area contributed by atoms with Gasteiger partial charge in [0.05, 0.1) is 63.9 Å². The third kappa shape index (κ3) is 14.0. The zero-order chi connectivity index (χ0) is 32.3. The Labute approximate surface area is 259 Å². The van der Waals surface area contributed by atoms with Gasteiger partial charge >= 0.3 is 6.09 Å². The smallest absolute Gasteiger partial charge is 0.412 e. The minimum Gasteiger partial charge on any atom is -0.444 e. The summed E-state index contributed by atoms with van der Waals surface area (Å²) in [6.07, 6.45) is 10.3. The van der Waals surface area contributed by atoms with Crippen molar-refractivity contribution in [1.82, 2.24) is 10.2 Å². The van der Waals surface area contributed by atoms with Gasteiger partial charge in [-0.25, -0.2) is 4.79 Å². The van der Waals surface area contributed by atoms with E-state index in [1.807, 2.05) is 40.7 Å². The average Bonchev–Trinajstić information content (AvgIpc) is 3.31. The number of carbonyl (C=O) groups is 2. The van der Waals surface area contributed by atoms with Gasteiger partial charge in [-0.05, 0) is 41.0 Å². The number of hydrogen-bond donors (Lipinski definition) is 1. The van der Waals surface area contributed by atoms with Crippen molar-refractivity contribution in [3.05, 3.63) is 12.2 Å². The Morgan fingerprint density at radius 2 is 1.58 bits per heavy atom. The summed E-state index contributed by atoms with van der Waals surface area (Å²) >= 11 is 0. The van der Waals surface area contributed by atoms with Crippen LogP contribution in [0.4, 0.5) is 4.79 Å². The monoisotopic (exact) mass is 612 g/mol. The summed E-state index contributed by atoms with van der Waals surface area (Å²) in [7, 11) is 3.22. The average molecular weight is 613 g/mol. The van der Waals surface area contributed by atoms with Crippen LogP contribution in [0.1, 0.15) is 67.2 Å². The summed E-state index contributed by atoms with van der Waals surface area (Å²) in [5.74, 6) is 2.11. The molecule has 0 saturated carbocycles. The van der Waals surface area contributed by atoms with Crippen LogP contribution in [-0.2, 0) is 38.0 Å². The number of nitrogens with one attached hydrogen (secondary N) is 1. The van der Waals surface area contributed by atoms with E-state index in [9.17, 15) is 9.59 Å². The normalized spacial score (nSPS) is 21.0. The van der Waals surface area contributed by atoms with E-state index in [1.165, 1.54) is 0 Å². The van der Waals surface area contributed by atoms with Crippen molar-refractivity contribution in [2.24, 2.45) is 5.92 Å². The second-order valence-corrected chi connectivity index (χ2v) is 11.6. The third-order valence-electron chi connectivity index (χ3n) is 7.16. The first-order chi connectivity index (χ1) is 20.5. The van der Waals surface area contributed by atoms with E-state index < -0.39 is 35.6 Å². The summed E-state index contributed by atoms with van der Waals surface area (Å²) in [6, 6.07) is -1.00. The molecule has 11 heteroatoms. The summed E-state index contributed by atoms with van der Waals surface area (Å²) in [5, 5.41) is 3.21. The van der Waals surface area contributed by atoms with Crippen LogP contribution in [0.3, 0.4) is 0 Å². The number of terminal acetylenes is 1. The van der Waals surface area contributed by atoms with Gasteiger partial charge in [-0.15, -0.1) is 6.42 Å². The van der Waals surface area contributed by atoms with Crippen LogP contribution in [0.15, 0.2) is 12.2 Å². The standard InChI is InChI=1S/C32H56N2O9/c1-10-13-25-24-27(37-8)34(30(36)43-31(4,5)6)28(25)29(32(7,38-9)15-11-2)33-26(35)14-17-40-19-21-42-23-22-41-20-18-39-16-12-3/h3,10,13,25,27-29H,11,14-24H2,1-2,4-9H3,(H,33,35)/b13-10-/t25-,27?,28-,29-,32+/m1/s1. The van der Waals surface area contributed by atoms with Crippen molar-refractivity contribution in [2.75, 3.05) is 67.1 Å². The first-order valence-corrected chi connectivity index (χ1v) is 15.2.